The number of allylic oxidation sites excluding steroid dienone is 8. The molecule has 0 radical (unpaired) electrons. The average Bonchev–Trinajstić information content (AvgIpc) is 3.33. The normalized spacial score (nSPS) is 13.1. The summed E-state index contributed by atoms with van der Waals surface area (Å²) in [5.41, 5.74) is 0. The predicted octanol–water partition coefficient (Wildman–Crippen LogP) is 16.5. The predicted molar refractivity (Wildman–Crippen MR) is 296 cm³/mol. The van der Waals surface area contributed by atoms with Gasteiger partial charge in [-0.15, -0.1) is 0 Å². The van der Waals surface area contributed by atoms with E-state index in [1.54, 1.807) is 0 Å². The van der Waals surface area contributed by atoms with Crippen LogP contribution in [0.2, 0.25) is 0 Å². The van der Waals surface area contributed by atoms with E-state index in [0.717, 1.165) is 57.8 Å². The zero-order valence-corrected chi connectivity index (χ0v) is 46.7. The maximum Gasteiger partial charge on any atom is 0.306 e. The Morgan fingerprint density at radius 1 is 0.443 bits per heavy atom. The van der Waals surface area contributed by atoms with Crippen LogP contribution in [0.3, 0.4) is 0 Å². The van der Waals surface area contributed by atoms with Crippen molar-refractivity contribution in [2.45, 2.75) is 289 Å². The second kappa shape index (κ2) is 52.6. The fourth-order valence-electron chi connectivity index (χ4n) is 8.91. The summed E-state index contributed by atoms with van der Waals surface area (Å²) in [5, 5.41) is 11.7. The molecule has 408 valence electrons. The van der Waals surface area contributed by atoms with E-state index in [9.17, 15) is 19.5 Å². The molecule has 0 N–H and O–H groups in total. The zero-order valence-electron chi connectivity index (χ0n) is 46.7. The van der Waals surface area contributed by atoms with E-state index in [1.165, 1.54) is 186 Å². The summed E-state index contributed by atoms with van der Waals surface area (Å²) in [5.74, 6) is -1.73. The van der Waals surface area contributed by atoms with Gasteiger partial charge < -0.3 is 28.6 Å². The molecule has 0 aliphatic heterocycles. The van der Waals surface area contributed by atoms with Crippen LogP contribution >= 0.6 is 0 Å². The lowest BCUT2D eigenvalue weighted by molar-refractivity contribution is -0.889. The smallest absolute Gasteiger partial charge is 0.306 e. The van der Waals surface area contributed by atoms with Crippen molar-refractivity contribution < 1.29 is 38.2 Å². The molecular formula is C62H113NO7. The quantitative estimate of drug-likeness (QED) is 0.0259. The molecule has 8 nitrogen and oxygen atoms in total. The van der Waals surface area contributed by atoms with Crippen LogP contribution in [0.1, 0.15) is 277 Å². The first-order chi connectivity index (χ1) is 34.1. The molecule has 0 amide bonds. The van der Waals surface area contributed by atoms with Crippen LogP contribution < -0.4 is 5.11 Å². The molecule has 0 aliphatic rings. The van der Waals surface area contributed by atoms with Crippen LogP contribution in [-0.4, -0.2) is 75.5 Å². The average molecular weight is 985 g/mol. The Hall–Kier alpha value is -2.71. The van der Waals surface area contributed by atoms with Crippen LogP contribution in [0.4, 0.5) is 0 Å². The van der Waals surface area contributed by atoms with Crippen molar-refractivity contribution >= 4 is 17.9 Å². The number of aliphatic carboxylic acids is 1. The van der Waals surface area contributed by atoms with E-state index in [0.29, 0.717) is 12.8 Å². The minimum atomic E-state index is -1.12. The summed E-state index contributed by atoms with van der Waals surface area (Å²) in [4.78, 5) is 37.2. The minimum absolute atomic E-state index is 0.0406. The Bertz CT molecular complexity index is 1280. The first-order valence-corrected chi connectivity index (χ1v) is 29.7. The molecule has 70 heavy (non-hydrogen) atoms. The number of rotatable bonds is 54. The summed E-state index contributed by atoms with van der Waals surface area (Å²) in [7, 11) is 5.43. The fourth-order valence-corrected chi connectivity index (χ4v) is 8.91. The van der Waals surface area contributed by atoms with Crippen LogP contribution in [-0.2, 0) is 28.6 Å². The molecule has 0 heterocycles. The van der Waals surface area contributed by atoms with Gasteiger partial charge in [0.05, 0.1) is 40.3 Å². The SMILES string of the molecule is CC/C=C/C/C=C/C/C=C/CCCCCCCCCCCCCCCC(=O)OC(COCCC(C(=O)[O-])[N+](C)(C)C)COC(=O)CCCCCCCCC/C=C/CCCCCCCCCCCCCC. The fraction of sp³-hybridized carbons (Fsp3) is 0.823. The van der Waals surface area contributed by atoms with Crippen LogP contribution in [0.25, 0.3) is 0 Å². The number of unbranched alkanes of at least 4 members (excludes halogenated alkanes) is 32. The van der Waals surface area contributed by atoms with Gasteiger partial charge in [0.15, 0.2) is 6.10 Å². The lowest BCUT2D eigenvalue weighted by Gasteiger charge is -2.34. The van der Waals surface area contributed by atoms with Crippen LogP contribution in [0.15, 0.2) is 48.6 Å². The molecular weight excluding hydrogens is 871 g/mol. The van der Waals surface area contributed by atoms with Crippen LogP contribution in [0.5, 0.6) is 0 Å². The van der Waals surface area contributed by atoms with Crippen molar-refractivity contribution in [3.63, 3.8) is 0 Å². The lowest BCUT2D eigenvalue weighted by Crippen LogP contribution is -2.55. The minimum Gasteiger partial charge on any atom is -0.544 e. The number of hydrogen-bond acceptors (Lipinski definition) is 7. The lowest BCUT2D eigenvalue weighted by atomic mass is 10.0. The van der Waals surface area contributed by atoms with Crippen molar-refractivity contribution in [3.8, 4) is 0 Å². The Morgan fingerprint density at radius 2 is 0.800 bits per heavy atom. The number of nitrogens with zero attached hydrogens (tertiary/aromatic N) is 1. The third-order valence-electron chi connectivity index (χ3n) is 13.4. The van der Waals surface area contributed by atoms with Crippen LogP contribution in [0, 0.1) is 0 Å². The molecule has 0 saturated carbocycles. The second-order valence-corrected chi connectivity index (χ2v) is 21.2. The Kier molecular flexibility index (Phi) is 50.6. The number of quaternary nitrogens is 1. The first-order valence-electron chi connectivity index (χ1n) is 29.7. The third kappa shape index (κ3) is 50.2. The molecule has 0 aromatic rings. The number of carboxylic acid groups (broad SMARTS) is 1. The van der Waals surface area contributed by atoms with E-state index in [-0.39, 0.29) is 42.7 Å². The largest absolute Gasteiger partial charge is 0.544 e. The van der Waals surface area contributed by atoms with Crippen molar-refractivity contribution in [3.05, 3.63) is 48.6 Å². The molecule has 0 rings (SSSR count). The monoisotopic (exact) mass is 984 g/mol. The van der Waals surface area contributed by atoms with E-state index in [1.807, 2.05) is 21.1 Å². The van der Waals surface area contributed by atoms with Gasteiger partial charge in [-0.2, -0.15) is 0 Å². The van der Waals surface area contributed by atoms with Gasteiger partial charge in [-0.1, -0.05) is 236 Å². The molecule has 0 saturated heterocycles. The number of likely N-dealkylation sites (N-methyl/N-ethyl adjacent to an activating group) is 1. The van der Waals surface area contributed by atoms with Crippen molar-refractivity contribution in [1.29, 1.82) is 0 Å². The molecule has 0 spiro atoms. The summed E-state index contributed by atoms with van der Waals surface area (Å²) >= 11 is 0. The molecule has 8 heteroatoms. The molecule has 2 atom stereocenters. The molecule has 0 bridgehead atoms. The van der Waals surface area contributed by atoms with Gasteiger partial charge in [0.1, 0.15) is 12.6 Å². The Balaban J connectivity index is 4.14. The maximum absolute atomic E-state index is 12.8. The van der Waals surface area contributed by atoms with Gasteiger partial charge in [-0.05, 0) is 70.6 Å². The highest BCUT2D eigenvalue weighted by Gasteiger charge is 2.25. The molecule has 0 fully saturated rings. The van der Waals surface area contributed by atoms with E-state index >= 15 is 0 Å². The van der Waals surface area contributed by atoms with Crippen molar-refractivity contribution in [2.24, 2.45) is 0 Å². The highest BCUT2D eigenvalue weighted by atomic mass is 16.6. The van der Waals surface area contributed by atoms with Crippen molar-refractivity contribution in [2.75, 3.05) is 41.0 Å². The molecule has 0 aromatic heterocycles. The third-order valence-corrected chi connectivity index (χ3v) is 13.4. The summed E-state index contributed by atoms with van der Waals surface area (Å²) in [6.45, 7) is 4.60. The first kappa shape index (κ1) is 67.3. The summed E-state index contributed by atoms with van der Waals surface area (Å²) < 4.78 is 17.3. The van der Waals surface area contributed by atoms with E-state index < -0.39 is 18.1 Å². The maximum atomic E-state index is 12.8. The summed E-state index contributed by atoms with van der Waals surface area (Å²) in [6, 6.07) is -0.728. The van der Waals surface area contributed by atoms with Crippen molar-refractivity contribution in [1.82, 2.24) is 0 Å². The number of hydrogen-bond donors (Lipinski definition) is 0. The van der Waals surface area contributed by atoms with E-state index in [2.05, 4.69) is 62.5 Å². The number of carbonyl (C=O) groups is 3. The Morgan fingerprint density at radius 3 is 1.20 bits per heavy atom. The molecule has 0 aromatic carbocycles. The Labute approximate surface area is 433 Å². The van der Waals surface area contributed by atoms with Gasteiger partial charge in [0.25, 0.3) is 0 Å². The van der Waals surface area contributed by atoms with Gasteiger partial charge >= 0.3 is 11.9 Å². The molecule has 0 aliphatic carbocycles. The number of esters is 2. The number of carboxylic acids is 1. The topological polar surface area (TPSA) is 102 Å². The number of ether oxygens (including phenoxy) is 3. The standard InChI is InChI=1S/C62H113NO7/c1-6-8-10-12-14-16-18-20-22-24-26-28-30-32-34-36-38-40-42-44-46-48-50-52-60(64)69-57-58(56-68-55-54-59(62(66)67)63(3,4)5)70-61(65)53-51-49-47-45-43-41-39-37-35-33-31-29-27-25-23-21-19-17-15-13-11-9-7-2/h9,11,15,17,21,23,32,34,58-59H,6-8,10,12-14,16,18-20,22,24-31,33,35-57H2,1-5H3/b11-9+,17-15+,23-21+,34-32+. The molecule has 2 unspecified atom stereocenters. The van der Waals surface area contributed by atoms with Gasteiger partial charge in [-0.3, -0.25) is 9.59 Å². The highest BCUT2D eigenvalue weighted by molar-refractivity contribution is 5.70. The van der Waals surface area contributed by atoms with E-state index in [4.69, 9.17) is 14.2 Å². The number of carbonyl (C=O) groups excluding carboxylic acids is 3. The zero-order chi connectivity index (χ0) is 51.3. The highest BCUT2D eigenvalue weighted by Crippen LogP contribution is 2.17. The van der Waals surface area contributed by atoms with Gasteiger partial charge in [-0.25, -0.2) is 0 Å². The van der Waals surface area contributed by atoms with Gasteiger partial charge in [0.2, 0.25) is 0 Å². The second-order valence-electron chi connectivity index (χ2n) is 21.2. The summed E-state index contributed by atoms with van der Waals surface area (Å²) in [6.07, 6.45) is 65.9. The van der Waals surface area contributed by atoms with Gasteiger partial charge in [0, 0.05) is 19.3 Å².